The van der Waals surface area contributed by atoms with E-state index in [1.807, 2.05) is 0 Å². The lowest BCUT2D eigenvalue weighted by molar-refractivity contribution is -0.121. The summed E-state index contributed by atoms with van der Waals surface area (Å²) < 4.78 is 24.5. The summed E-state index contributed by atoms with van der Waals surface area (Å²) in [6.45, 7) is 1.75. The maximum absolute atomic E-state index is 11.7. The number of rotatable bonds is 3. The van der Waals surface area contributed by atoms with Gasteiger partial charge in [0.2, 0.25) is 10.0 Å². The van der Waals surface area contributed by atoms with Crippen molar-refractivity contribution in [2.75, 3.05) is 12.3 Å². The predicted molar refractivity (Wildman–Crippen MR) is 54.4 cm³/mol. The van der Waals surface area contributed by atoms with E-state index in [9.17, 15) is 13.2 Å². The third-order valence-electron chi connectivity index (χ3n) is 2.53. The van der Waals surface area contributed by atoms with Gasteiger partial charge >= 0.3 is 0 Å². The van der Waals surface area contributed by atoms with E-state index >= 15 is 0 Å². The molecular formula is C9H14N2O3S. The Bertz CT molecular complexity index is 383. The van der Waals surface area contributed by atoms with E-state index in [-0.39, 0.29) is 5.78 Å². The molecular weight excluding hydrogens is 216 g/mol. The number of nitrogens with zero attached hydrogens (tertiary/aromatic N) is 2. The lowest BCUT2D eigenvalue weighted by atomic mass is 10.0. The van der Waals surface area contributed by atoms with E-state index in [0.717, 1.165) is 12.8 Å². The summed E-state index contributed by atoms with van der Waals surface area (Å²) in [5, 5.41) is 8.42. The fourth-order valence-electron chi connectivity index (χ4n) is 1.81. The molecule has 1 atom stereocenters. The van der Waals surface area contributed by atoms with E-state index in [4.69, 9.17) is 5.26 Å². The molecule has 0 aliphatic carbocycles. The van der Waals surface area contributed by atoms with Crippen LogP contribution in [-0.4, -0.2) is 36.8 Å². The first-order chi connectivity index (χ1) is 6.99. The Balaban J connectivity index is 2.91. The minimum absolute atomic E-state index is 0.142. The summed E-state index contributed by atoms with van der Waals surface area (Å²) in [6.07, 6.45) is 2.19. The van der Waals surface area contributed by atoms with Gasteiger partial charge in [-0.15, -0.1) is 0 Å². The van der Waals surface area contributed by atoms with Crippen LogP contribution < -0.4 is 0 Å². The van der Waals surface area contributed by atoms with Crippen LogP contribution in [0.15, 0.2) is 0 Å². The fourth-order valence-corrected chi connectivity index (χ4v) is 3.19. The zero-order chi connectivity index (χ0) is 11.5. The van der Waals surface area contributed by atoms with Gasteiger partial charge in [0.05, 0.1) is 12.1 Å². The zero-order valence-electron chi connectivity index (χ0n) is 8.64. The Morgan fingerprint density at radius 1 is 1.53 bits per heavy atom. The average molecular weight is 230 g/mol. The van der Waals surface area contributed by atoms with Gasteiger partial charge in [0.1, 0.15) is 5.78 Å². The van der Waals surface area contributed by atoms with Gasteiger partial charge in [0.15, 0.2) is 5.75 Å². The average Bonchev–Trinajstić information content (AvgIpc) is 2.17. The Labute approximate surface area is 89.7 Å². The van der Waals surface area contributed by atoms with Crippen LogP contribution in [0, 0.1) is 11.3 Å². The van der Waals surface area contributed by atoms with Gasteiger partial charge in [-0.2, -0.15) is 9.57 Å². The third kappa shape index (κ3) is 2.76. The van der Waals surface area contributed by atoms with Crippen molar-refractivity contribution in [1.29, 1.82) is 5.26 Å². The molecule has 6 heteroatoms. The summed E-state index contributed by atoms with van der Waals surface area (Å²) in [5.41, 5.74) is 0. The van der Waals surface area contributed by atoms with Gasteiger partial charge in [-0.1, -0.05) is 6.42 Å². The first kappa shape index (κ1) is 12.1. The second-order valence-corrected chi connectivity index (χ2v) is 5.57. The van der Waals surface area contributed by atoms with Crippen molar-refractivity contribution in [2.24, 2.45) is 0 Å². The summed E-state index contributed by atoms with van der Waals surface area (Å²) in [6, 6.07) is 1.07. The van der Waals surface area contributed by atoms with E-state index < -0.39 is 21.8 Å². The summed E-state index contributed by atoms with van der Waals surface area (Å²) in [7, 11) is -3.58. The summed E-state index contributed by atoms with van der Waals surface area (Å²) >= 11 is 0. The number of carbonyl (C=O) groups excluding carboxylic acids is 1. The molecule has 1 fully saturated rings. The molecule has 1 rings (SSSR count). The van der Waals surface area contributed by atoms with Gasteiger partial charge in [-0.25, -0.2) is 8.42 Å². The molecule has 0 amide bonds. The van der Waals surface area contributed by atoms with E-state index in [1.165, 1.54) is 11.2 Å². The first-order valence-electron chi connectivity index (χ1n) is 4.86. The predicted octanol–water partition coefficient (Wildman–Crippen LogP) is 0.283. The lowest BCUT2D eigenvalue weighted by Crippen LogP contribution is -2.47. The zero-order valence-corrected chi connectivity index (χ0v) is 9.46. The van der Waals surface area contributed by atoms with Gasteiger partial charge in [0, 0.05) is 6.54 Å². The molecule has 0 saturated carbocycles. The highest BCUT2D eigenvalue weighted by Crippen LogP contribution is 2.21. The van der Waals surface area contributed by atoms with E-state index in [1.54, 1.807) is 6.07 Å². The highest BCUT2D eigenvalue weighted by Gasteiger charge is 2.34. The van der Waals surface area contributed by atoms with Crippen LogP contribution in [0.2, 0.25) is 0 Å². The molecule has 1 saturated heterocycles. The summed E-state index contributed by atoms with van der Waals surface area (Å²) in [5.74, 6) is -0.687. The maximum Gasteiger partial charge on any atom is 0.228 e. The Hall–Kier alpha value is -0.930. The van der Waals surface area contributed by atoms with Crippen LogP contribution >= 0.6 is 0 Å². The standard InChI is InChI=1S/C9H14N2O3S/c1-8(12)9-4-2-3-6-11(9)15(13,14)7-5-10/h9H,2-4,6-7H2,1H3. The number of ketones is 1. The second-order valence-electron chi connectivity index (χ2n) is 3.65. The molecule has 0 bridgehead atoms. The molecule has 5 nitrogen and oxygen atoms in total. The molecule has 15 heavy (non-hydrogen) atoms. The van der Waals surface area contributed by atoms with E-state index in [2.05, 4.69) is 0 Å². The summed E-state index contributed by atoms with van der Waals surface area (Å²) in [4.78, 5) is 11.3. The quantitative estimate of drug-likeness (QED) is 0.697. The van der Waals surface area contributed by atoms with Crippen LogP contribution in [0.1, 0.15) is 26.2 Å². The highest BCUT2D eigenvalue weighted by molar-refractivity contribution is 7.89. The highest BCUT2D eigenvalue weighted by atomic mass is 32.2. The molecule has 1 unspecified atom stereocenters. The van der Waals surface area contributed by atoms with Crippen LogP contribution in [0.4, 0.5) is 0 Å². The molecule has 0 aromatic rings. The molecule has 0 radical (unpaired) electrons. The monoisotopic (exact) mass is 230 g/mol. The molecule has 84 valence electrons. The maximum atomic E-state index is 11.7. The van der Waals surface area contributed by atoms with Gasteiger partial charge in [-0.05, 0) is 19.8 Å². The smallest absolute Gasteiger partial charge is 0.228 e. The van der Waals surface area contributed by atoms with Crippen LogP contribution in [-0.2, 0) is 14.8 Å². The molecule has 0 N–H and O–H groups in total. The largest absolute Gasteiger partial charge is 0.298 e. The van der Waals surface area contributed by atoms with Crippen molar-refractivity contribution in [2.45, 2.75) is 32.2 Å². The first-order valence-corrected chi connectivity index (χ1v) is 6.47. The number of Topliss-reactive ketones (excluding diaryl/α,β-unsaturated/α-hetero) is 1. The molecule has 0 spiro atoms. The second kappa shape index (κ2) is 4.73. The van der Waals surface area contributed by atoms with Gasteiger partial charge in [0.25, 0.3) is 0 Å². The Morgan fingerprint density at radius 2 is 2.20 bits per heavy atom. The van der Waals surface area contributed by atoms with Crippen molar-refractivity contribution in [3.63, 3.8) is 0 Å². The molecule has 0 aromatic carbocycles. The molecule has 0 aromatic heterocycles. The normalized spacial score (nSPS) is 23.3. The number of hydrogen-bond donors (Lipinski definition) is 0. The molecule has 1 aliphatic rings. The minimum atomic E-state index is -3.58. The van der Waals surface area contributed by atoms with Crippen molar-refractivity contribution < 1.29 is 13.2 Å². The van der Waals surface area contributed by atoms with Crippen LogP contribution in [0.3, 0.4) is 0 Å². The minimum Gasteiger partial charge on any atom is -0.298 e. The van der Waals surface area contributed by atoms with Crippen LogP contribution in [0.5, 0.6) is 0 Å². The van der Waals surface area contributed by atoms with Crippen molar-refractivity contribution in [3.05, 3.63) is 0 Å². The topological polar surface area (TPSA) is 78.2 Å². The lowest BCUT2D eigenvalue weighted by Gasteiger charge is -2.32. The number of nitriles is 1. The third-order valence-corrected chi connectivity index (χ3v) is 4.17. The fraction of sp³-hybridized carbons (Fsp3) is 0.778. The van der Waals surface area contributed by atoms with Crippen molar-refractivity contribution in [1.82, 2.24) is 4.31 Å². The Kier molecular flexibility index (Phi) is 3.83. The number of piperidine rings is 1. The number of carbonyl (C=O) groups is 1. The SMILES string of the molecule is CC(=O)C1CCCCN1S(=O)(=O)CC#N. The van der Waals surface area contributed by atoms with Crippen LogP contribution in [0.25, 0.3) is 0 Å². The number of sulfonamides is 1. The van der Waals surface area contributed by atoms with Crippen molar-refractivity contribution >= 4 is 15.8 Å². The van der Waals surface area contributed by atoms with E-state index in [0.29, 0.717) is 13.0 Å². The molecule has 1 aliphatic heterocycles. The Morgan fingerprint density at radius 3 is 2.73 bits per heavy atom. The van der Waals surface area contributed by atoms with Gasteiger partial charge < -0.3 is 0 Å². The number of hydrogen-bond acceptors (Lipinski definition) is 4. The van der Waals surface area contributed by atoms with Gasteiger partial charge in [-0.3, -0.25) is 4.79 Å². The van der Waals surface area contributed by atoms with Crippen molar-refractivity contribution in [3.8, 4) is 6.07 Å². The molecule has 1 heterocycles.